The van der Waals surface area contributed by atoms with Crippen LogP contribution >= 0.6 is 0 Å². The maximum absolute atomic E-state index is 12.3. The Balaban J connectivity index is 0.000000684. The zero-order valence-electron chi connectivity index (χ0n) is 38.3. The second kappa shape index (κ2) is 30.6. The second-order valence-corrected chi connectivity index (χ2v) is 18.0. The molecule has 20 heteroatoms. The van der Waals surface area contributed by atoms with Crippen molar-refractivity contribution in [2.24, 2.45) is 11.7 Å². The van der Waals surface area contributed by atoms with Gasteiger partial charge in [0.25, 0.3) is 0 Å². The van der Waals surface area contributed by atoms with Gasteiger partial charge in [-0.15, -0.1) is 0 Å². The molecule has 0 aliphatic carbocycles. The molecule has 4 heterocycles. The summed E-state index contributed by atoms with van der Waals surface area (Å²) >= 11 is 0. The fourth-order valence-electron chi connectivity index (χ4n) is 7.75. The van der Waals surface area contributed by atoms with E-state index >= 15 is 0 Å². The van der Waals surface area contributed by atoms with Gasteiger partial charge >= 0.3 is 41.5 Å². The van der Waals surface area contributed by atoms with Gasteiger partial charge in [0.1, 0.15) is 24.2 Å². The molecule has 0 radical (unpaired) electrons. The molecular formula is C45H72NNaO17S. The van der Waals surface area contributed by atoms with E-state index < -0.39 is 108 Å². The fraction of sp³-hybridized carbons (Fsp3) is 0.733. The average molecular weight is 954 g/mol. The summed E-state index contributed by atoms with van der Waals surface area (Å²) < 4.78 is 63.0. The molecule has 0 unspecified atom stereocenters. The van der Waals surface area contributed by atoms with Crippen LogP contribution in [0.3, 0.4) is 0 Å². The molecule has 65 heavy (non-hydrogen) atoms. The van der Waals surface area contributed by atoms with Crippen LogP contribution in [0.2, 0.25) is 0 Å². The number of ether oxygens (including phenoxy) is 5. The Hall–Kier alpha value is -1.89. The van der Waals surface area contributed by atoms with E-state index in [0.29, 0.717) is 12.8 Å². The van der Waals surface area contributed by atoms with Crippen molar-refractivity contribution in [3.05, 3.63) is 60.8 Å². The molecule has 0 amide bonds. The molecule has 14 atom stereocenters. The Morgan fingerprint density at radius 2 is 1.48 bits per heavy atom. The average Bonchev–Trinajstić information content (AvgIpc) is 3.95. The molecule has 4 rings (SSSR count). The minimum absolute atomic E-state index is 0. The summed E-state index contributed by atoms with van der Waals surface area (Å²) in [5, 5.41) is 63.9. The molecule has 4 aliphatic heterocycles. The number of unbranched alkanes of at least 4 members (excludes halogenated alkanes) is 9. The van der Waals surface area contributed by atoms with Gasteiger partial charge in [0.2, 0.25) is 10.4 Å². The largest absolute Gasteiger partial charge is 1.00 e. The number of carbonyl (C=O) groups excluding carboxylic acids is 1. The summed E-state index contributed by atoms with van der Waals surface area (Å²) in [6.45, 7) is 5.58. The van der Waals surface area contributed by atoms with Crippen LogP contribution in [0.25, 0.3) is 0 Å². The molecule has 0 spiro atoms. The minimum atomic E-state index is -4.48. The van der Waals surface area contributed by atoms with E-state index in [1.807, 2.05) is 6.08 Å². The minimum Gasteiger partial charge on any atom is -0.726 e. The molecule has 18 nitrogen and oxygen atoms in total. The maximum atomic E-state index is 12.3. The van der Waals surface area contributed by atoms with Gasteiger partial charge < -0.3 is 64.6 Å². The van der Waals surface area contributed by atoms with Crippen molar-refractivity contribution in [1.82, 2.24) is 0 Å². The van der Waals surface area contributed by atoms with Crippen LogP contribution in [-0.2, 0) is 47.9 Å². The zero-order valence-corrected chi connectivity index (χ0v) is 41.1. The van der Waals surface area contributed by atoms with Gasteiger partial charge in [-0.3, -0.25) is 8.98 Å². The number of carboxylic acid groups (broad SMARTS) is 1. The predicted octanol–water partition coefficient (Wildman–Crippen LogP) is 0.508. The van der Waals surface area contributed by atoms with E-state index in [1.54, 1.807) is 56.4 Å². The standard InChI is InChI=1S/C33H47NO13.C12H26O4S.Na/c1-18-10-8-6-4-3-5-7-9-11-21(45-32-30(39)28(34)29(38)19(2)44-32)15-25-27(31(40)41)22(36)17-33(42,47-25)16-20(35)14-24-23(46-24)12-13-26(37)43-18;1-2-3-4-5-6-7-8-9-10-11-12-16-17(13,14)15;/h3-9,11-13,18-25,27-30,32,35-36,38-39,42H,10,14-17,34H2,1-2H3,(H,40,41);2-12H2,1H3,(H,13,14,15);/q;;+1/p-1/b4-3+,7-5+,8-6+,11-9+,13-12+;;/t18-,19-,20+,21+,22+,23-,24-,25+,27-,28+,29-,30+,32+,33-;;/m1../s1. The monoisotopic (exact) mass is 953 g/mol. The number of nitrogens with two attached hydrogens (primary N) is 1. The summed E-state index contributed by atoms with van der Waals surface area (Å²) in [6.07, 6.45) is 17.0. The number of allylic oxidation sites excluding steroid dienone is 6. The SMILES string of the molecule is CCCCCCCCCCCCOS(=O)(=O)[O-].C[C@@H]1C/C=C/C=C/C=C/C=C/[C@H](O[C@@H]2O[C@H](C)[C@@H](O)[C@H](N)[C@@H]2O)C[C@@H]2O[C@](O)(C[C@@H](O)C[C@H]3O[C@@H]3/C=C/C(=O)O1)C[C@H](O)[C@H]2C(=O)O.[Na+]. The first-order chi connectivity index (χ1) is 30.3. The zero-order chi connectivity index (χ0) is 47.3. The molecule has 0 saturated carbocycles. The predicted molar refractivity (Wildman–Crippen MR) is 233 cm³/mol. The van der Waals surface area contributed by atoms with Crippen molar-refractivity contribution in [2.45, 2.75) is 196 Å². The summed E-state index contributed by atoms with van der Waals surface area (Å²) in [4.78, 5) is 24.4. The number of epoxide rings is 1. The van der Waals surface area contributed by atoms with Gasteiger partial charge in [-0.2, -0.15) is 0 Å². The second-order valence-electron chi connectivity index (χ2n) is 17.0. The molecule has 0 aromatic heterocycles. The molecule has 0 aromatic carbocycles. The van der Waals surface area contributed by atoms with Crippen LogP contribution < -0.4 is 35.3 Å². The third kappa shape index (κ3) is 23.3. The van der Waals surface area contributed by atoms with E-state index in [9.17, 15) is 53.2 Å². The number of fused-ring (bicyclic) bond motifs is 3. The normalized spacial score (nSPS) is 37.3. The summed E-state index contributed by atoms with van der Waals surface area (Å²) in [5.41, 5.74) is 5.98. The number of carbonyl (C=O) groups is 2. The van der Waals surface area contributed by atoms with Gasteiger partial charge in [-0.1, -0.05) is 113 Å². The van der Waals surface area contributed by atoms with Gasteiger partial charge in [0.05, 0.1) is 55.4 Å². The van der Waals surface area contributed by atoms with Crippen LogP contribution in [-0.4, -0.2) is 141 Å². The number of rotatable bonds is 15. The molecule has 0 aromatic rings. The van der Waals surface area contributed by atoms with Gasteiger partial charge in [-0.05, 0) is 26.3 Å². The number of esters is 1. The number of aliphatic hydroxyl groups is 5. The van der Waals surface area contributed by atoms with E-state index in [2.05, 4.69) is 11.1 Å². The number of cyclic esters (lactones) is 1. The number of hydrogen-bond acceptors (Lipinski definition) is 17. The van der Waals surface area contributed by atoms with Gasteiger partial charge in [-0.25, -0.2) is 13.2 Å². The third-order valence-corrected chi connectivity index (χ3v) is 11.8. The fourth-order valence-corrected chi connectivity index (χ4v) is 8.08. The Morgan fingerprint density at radius 3 is 2.11 bits per heavy atom. The topological polar surface area (TPSA) is 297 Å². The first-order valence-electron chi connectivity index (χ1n) is 22.5. The van der Waals surface area contributed by atoms with Crippen LogP contribution in [0.1, 0.15) is 117 Å². The van der Waals surface area contributed by atoms with Crippen molar-refractivity contribution in [2.75, 3.05) is 6.61 Å². The smallest absolute Gasteiger partial charge is 0.726 e. The quantitative estimate of drug-likeness (QED) is 0.0294. The van der Waals surface area contributed by atoms with Crippen molar-refractivity contribution in [1.29, 1.82) is 0 Å². The number of hydrogen-bond donors (Lipinski definition) is 7. The number of aliphatic carboxylic acids is 1. The molecular weight excluding hydrogens is 882 g/mol. The van der Waals surface area contributed by atoms with Crippen LogP contribution in [0.4, 0.5) is 0 Å². The number of aliphatic hydroxyl groups excluding tert-OH is 4. The van der Waals surface area contributed by atoms with Crippen molar-refractivity contribution in [3.8, 4) is 0 Å². The maximum Gasteiger partial charge on any atom is 1.00 e. The van der Waals surface area contributed by atoms with Crippen LogP contribution in [0.15, 0.2) is 60.8 Å². The molecule has 4 aliphatic rings. The summed E-state index contributed by atoms with van der Waals surface area (Å²) in [6, 6.07) is -1.08. The Labute approximate surface area is 406 Å². The van der Waals surface area contributed by atoms with E-state index in [1.165, 1.54) is 57.1 Å². The van der Waals surface area contributed by atoms with Crippen molar-refractivity contribution >= 4 is 22.3 Å². The van der Waals surface area contributed by atoms with Gasteiger partial charge in [0.15, 0.2) is 12.1 Å². The molecule has 3 saturated heterocycles. The molecule has 8 N–H and O–H groups in total. The van der Waals surface area contributed by atoms with Crippen LogP contribution in [0.5, 0.6) is 0 Å². The first-order valence-corrected chi connectivity index (χ1v) is 23.9. The molecule has 3 fully saturated rings. The third-order valence-electron chi connectivity index (χ3n) is 11.3. The summed E-state index contributed by atoms with van der Waals surface area (Å²) in [5.74, 6) is -5.45. The van der Waals surface area contributed by atoms with Crippen molar-refractivity contribution < 1.29 is 111 Å². The Kier molecular flexibility index (Phi) is 27.9. The van der Waals surface area contributed by atoms with Gasteiger partial charge in [0, 0.05) is 38.2 Å². The van der Waals surface area contributed by atoms with Crippen LogP contribution in [0, 0.1) is 5.92 Å². The Bertz CT molecular complexity index is 1660. The van der Waals surface area contributed by atoms with E-state index in [0.717, 1.165) is 12.8 Å². The number of carboxylic acids is 1. The molecule has 366 valence electrons. The molecule has 2 bridgehead atoms. The van der Waals surface area contributed by atoms with Crippen molar-refractivity contribution in [3.63, 3.8) is 0 Å². The van der Waals surface area contributed by atoms with E-state index in [4.69, 9.17) is 29.4 Å². The van der Waals surface area contributed by atoms with E-state index in [-0.39, 0.29) is 61.5 Å². The first kappa shape index (κ1) is 59.2. The Morgan fingerprint density at radius 1 is 0.862 bits per heavy atom. The summed E-state index contributed by atoms with van der Waals surface area (Å²) in [7, 11) is -4.48.